The second-order valence-corrected chi connectivity index (χ2v) is 7.34. The Bertz CT molecular complexity index is 699. The molecule has 1 unspecified atom stereocenters. The maximum atomic E-state index is 5.50. The van der Waals surface area contributed by atoms with Crippen LogP contribution in [0.2, 0.25) is 0 Å². The van der Waals surface area contributed by atoms with Crippen LogP contribution in [0.25, 0.3) is 0 Å². The molecule has 1 heterocycles. The Labute approximate surface area is 167 Å². The van der Waals surface area contributed by atoms with Crippen LogP contribution < -0.4 is 15.4 Å². The number of benzene rings is 2. The fraction of sp³-hybridized carbons (Fsp3) is 0.409. The lowest BCUT2D eigenvalue weighted by Crippen LogP contribution is -2.43. The van der Waals surface area contributed by atoms with Crippen LogP contribution in [0.3, 0.4) is 0 Å². The number of nitrogens with zero attached hydrogens (tertiary/aromatic N) is 1. The molecule has 2 aromatic rings. The van der Waals surface area contributed by atoms with Crippen molar-refractivity contribution < 1.29 is 4.74 Å². The van der Waals surface area contributed by atoms with Crippen molar-refractivity contribution in [2.45, 2.75) is 31.8 Å². The van der Waals surface area contributed by atoms with Gasteiger partial charge in [-0.1, -0.05) is 48.9 Å². The molecule has 144 valence electrons. The number of hydrogen-bond acceptors (Lipinski definition) is 3. The van der Waals surface area contributed by atoms with Crippen LogP contribution >= 0.6 is 12.2 Å². The lowest BCUT2D eigenvalue weighted by molar-refractivity contribution is 0.164. The third-order valence-electron chi connectivity index (χ3n) is 5.08. The highest BCUT2D eigenvalue weighted by molar-refractivity contribution is 7.80. The van der Waals surface area contributed by atoms with Gasteiger partial charge in [0.15, 0.2) is 5.11 Å². The molecule has 0 aromatic heterocycles. The van der Waals surface area contributed by atoms with E-state index in [0.29, 0.717) is 11.2 Å². The Morgan fingerprint density at radius 1 is 1.00 bits per heavy atom. The van der Waals surface area contributed by atoms with E-state index in [1.165, 1.54) is 30.4 Å². The predicted molar refractivity (Wildman–Crippen MR) is 115 cm³/mol. The number of thiocarbonyl (C=S) groups is 1. The van der Waals surface area contributed by atoms with Gasteiger partial charge in [-0.3, -0.25) is 4.90 Å². The minimum Gasteiger partial charge on any atom is -0.497 e. The summed E-state index contributed by atoms with van der Waals surface area (Å²) in [6, 6.07) is 19.0. The molecule has 27 heavy (non-hydrogen) atoms. The van der Waals surface area contributed by atoms with Gasteiger partial charge in [0.25, 0.3) is 0 Å². The first-order chi connectivity index (χ1) is 13.3. The van der Waals surface area contributed by atoms with E-state index in [-0.39, 0.29) is 0 Å². The van der Waals surface area contributed by atoms with E-state index in [0.717, 1.165) is 31.9 Å². The van der Waals surface area contributed by atoms with Crippen LogP contribution in [0.5, 0.6) is 5.75 Å². The Hall–Kier alpha value is -2.11. The van der Waals surface area contributed by atoms with Gasteiger partial charge in [-0.15, -0.1) is 0 Å². The number of rotatable bonds is 7. The highest BCUT2D eigenvalue weighted by Crippen LogP contribution is 2.25. The molecule has 2 aromatic carbocycles. The van der Waals surface area contributed by atoms with Crippen LogP contribution in [-0.4, -0.2) is 36.8 Å². The second kappa shape index (κ2) is 10.3. The first-order valence-electron chi connectivity index (χ1n) is 9.70. The van der Waals surface area contributed by atoms with E-state index < -0.39 is 0 Å². The van der Waals surface area contributed by atoms with E-state index in [9.17, 15) is 0 Å². The molecule has 5 heteroatoms. The smallest absolute Gasteiger partial charge is 0.166 e. The van der Waals surface area contributed by atoms with Crippen LogP contribution in [-0.2, 0) is 6.54 Å². The molecule has 0 spiro atoms. The lowest BCUT2D eigenvalue weighted by Gasteiger charge is -2.35. The van der Waals surface area contributed by atoms with Crippen molar-refractivity contribution >= 4 is 17.3 Å². The van der Waals surface area contributed by atoms with E-state index in [2.05, 4.69) is 39.8 Å². The summed E-state index contributed by atoms with van der Waals surface area (Å²) in [5.74, 6) is 0.893. The first kappa shape index (κ1) is 19.6. The second-order valence-electron chi connectivity index (χ2n) is 6.93. The van der Waals surface area contributed by atoms with Crippen molar-refractivity contribution in [3.05, 3.63) is 65.7 Å². The molecule has 1 aliphatic heterocycles. The molecule has 4 nitrogen and oxygen atoms in total. The predicted octanol–water partition coefficient (Wildman–Crippen LogP) is 3.89. The summed E-state index contributed by atoms with van der Waals surface area (Å²) < 4.78 is 5.31. The van der Waals surface area contributed by atoms with Crippen molar-refractivity contribution in [1.82, 2.24) is 15.5 Å². The van der Waals surface area contributed by atoms with Gasteiger partial charge in [-0.05, 0) is 61.4 Å². The standard InChI is InChI=1S/C22H29N3OS/c1-26-20-12-10-19(11-13-20)21(25-14-6-3-7-15-25)17-24-22(27)23-16-18-8-4-2-5-9-18/h2,4-5,8-13,21H,3,6-7,14-17H2,1H3,(H2,23,24,27). The third kappa shape index (κ3) is 5.94. The Kier molecular flexibility index (Phi) is 7.48. The molecular formula is C22H29N3OS. The summed E-state index contributed by atoms with van der Waals surface area (Å²) in [5, 5.41) is 7.44. The summed E-state index contributed by atoms with van der Waals surface area (Å²) in [6.45, 7) is 3.82. The van der Waals surface area contributed by atoms with Crippen LogP contribution in [0, 0.1) is 0 Å². The van der Waals surface area contributed by atoms with Gasteiger partial charge in [0.2, 0.25) is 0 Å². The molecule has 1 atom stereocenters. The monoisotopic (exact) mass is 383 g/mol. The van der Waals surface area contributed by atoms with Crippen molar-refractivity contribution in [1.29, 1.82) is 0 Å². The average Bonchev–Trinajstić information content (AvgIpc) is 2.74. The molecule has 0 radical (unpaired) electrons. The molecular weight excluding hydrogens is 354 g/mol. The fourth-order valence-corrected chi connectivity index (χ4v) is 3.70. The average molecular weight is 384 g/mol. The molecule has 1 aliphatic rings. The van der Waals surface area contributed by atoms with Gasteiger partial charge in [-0.2, -0.15) is 0 Å². The van der Waals surface area contributed by atoms with Gasteiger partial charge in [0, 0.05) is 13.1 Å². The Morgan fingerprint density at radius 2 is 1.70 bits per heavy atom. The molecule has 0 amide bonds. The van der Waals surface area contributed by atoms with Gasteiger partial charge in [-0.25, -0.2) is 0 Å². The summed E-state index contributed by atoms with van der Waals surface area (Å²) in [7, 11) is 1.70. The summed E-state index contributed by atoms with van der Waals surface area (Å²) >= 11 is 5.50. The summed E-state index contributed by atoms with van der Waals surface area (Å²) in [4.78, 5) is 2.57. The molecule has 0 bridgehead atoms. The summed E-state index contributed by atoms with van der Waals surface area (Å²) in [5.41, 5.74) is 2.53. The topological polar surface area (TPSA) is 36.5 Å². The van der Waals surface area contributed by atoms with Gasteiger partial charge >= 0.3 is 0 Å². The molecule has 1 fully saturated rings. The van der Waals surface area contributed by atoms with E-state index >= 15 is 0 Å². The van der Waals surface area contributed by atoms with Crippen LogP contribution in [0.1, 0.15) is 36.4 Å². The fourth-order valence-electron chi connectivity index (χ4n) is 3.54. The maximum Gasteiger partial charge on any atom is 0.166 e. The van der Waals surface area contributed by atoms with E-state index in [1.54, 1.807) is 7.11 Å². The largest absolute Gasteiger partial charge is 0.497 e. The van der Waals surface area contributed by atoms with Crippen LogP contribution in [0.15, 0.2) is 54.6 Å². The molecule has 0 aliphatic carbocycles. The number of ether oxygens (including phenoxy) is 1. The van der Waals surface area contributed by atoms with E-state index in [1.807, 2.05) is 30.3 Å². The highest BCUT2D eigenvalue weighted by atomic mass is 32.1. The summed E-state index contributed by atoms with van der Waals surface area (Å²) in [6.07, 6.45) is 3.86. The Morgan fingerprint density at radius 3 is 2.37 bits per heavy atom. The highest BCUT2D eigenvalue weighted by Gasteiger charge is 2.22. The van der Waals surface area contributed by atoms with Crippen molar-refractivity contribution in [3.8, 4) is 5.75 Å². The quantitative estimate of drug-likeness (QED) is 0.710. The van der Waals surface area contributed by atoms with Crippen molar-refractivity contribution in [2.75, 3.05) is 26.7 Å². The number of hydrogen-bond donors (Lipinski definition) is 2. The molecule has 1 saturated heterocycles. The van der Waals surface area contributed by atoms with Crippen molar-refractivity contribution in [2.24, 2.45) is 0 Å². The van der Waals surface area contributed by atoms with Gasteiger partial charge in [0.1, 0.15) is 5.75 Å². The number of nitrogens with one attached hydrogen (secondary N) is 2. The molecule has 2 N–H and O–H groups in total. The maximum absolute atomic E-state index is 5.50. The molecule has 3 rings (SSSR count). The zero-order valence-electron chi connectivity index (χ0n) is 16.0. The SMILES string of the molecule is COc1ccc(C(CNC(=S)NCc2ccccc2)N2CCCCC2)cc1. The lowest BCUT2D eigenvalue weighted by atomic mass is 10.0. The number of piperidine rings is 1. The van der Waals surface area contributed by atoms with Crippen molar-refractivity contribution in [3.63, 3.8) is 0 Å². The molecule has 0 saturated carbocycles. The third-order valence-corrected chi connectivity index (χ3v) is 5.37. The normalized spacial score (nSPS) is 15.7. The van der Waals surface area contributed by atoms with E-state index in [4.69, 9.17) is 17.0 Å². The van der Waals surface area contributed by atoms with Gasteiger partial charge < -0.3 is 15.4 Å². The number of likely N-dealkylation sites (tertiary alicyclic amines) is 1. The van der Waals surface area contributed by atoms with Gasteiger partial charge in [0.05, 0.1) is 13.2 Å². The zero-order valence-corrected chi connectivity index (χ0v) is 16.8. The Balaban J connectivity index is 1.59. The minimum absolute atomic E-state index is 0.313. The number of methoxy groups -OCH3 is 1. The zero-order chi connectivity index (χ0) is 18.9. The minimum atomic E-state index is 0.313. The first-order valence-corrected chi connectivity index (χ1v) is 10.1. The van der Waals surface area contributed by atoms with Crippen LogP contribution in [0.4, 0.5) is 0 Å².